The molecule has 0 bridgehead atoms. The Labute approximate surface area is 143 Å². The molecule has 126 valence electrons. The number of nitrogens with zero attached hydrogens (tertiary/aromatic N) is 3. The van der Waals surface area contributed by atoms with E-state index in [1.807, 2.05) is 0 Å². The Hall–Kier alpha value is -1.43. The van der Waals surface area contributed by atoms with Crippen LogP contribution in [-0.2, 0) is 6.54 Å². The molecule has 1 saturated heterocycles. The second kappa shape index (κ2) is 7.90. The second-order valence-electron chi connectivity index (χ2n) is 6.31. The molecule has 0 unspecified atom stereocenters. The van der Waals surface area contributed by atoms with Crippen molar-refractivity contribution in [2.24, 2.45) is 0 Å². The van der Waals surface area contributed by atoms with Crippen LogP contribution in [0.5, 0.6) is 0 Å². The van der Waals surface area contributed by atoms with E-state index in [1.165, 1.54) is 5.56 Å². The van der Waals surface area contributed by atoms with Crippen LogP contribution in [-0.4, -0.2) is 40.7 Å². The van der Waals surface area contributed by atoms with Crippen molar-refractivity contribution < 1.29 is 4.52 Å². The molecule has 1 aromatic heterocycles. The monoisotopic (exact) mass is 336 g/mol. The highest BCUT2D eigenvalue weighted by Crippen LogP contribution is 2.21. The van der Waals surface area contributed by atoms with Crippen LogP contribution in [0.15, 0.2) is 28.8 Å². The minimum absolute atomic E-state index is 0. The van der Waals surface area contributed by atoms with E-state index in [4.69, 9.17) is 4.52 Å². The third kappa shape index (κ3) is 4.31. The number of nitrogens with one attached hydrogen (secondary N) is 1. The minimum atomic E-state index is 0. The molecule has 6 heteroatoms. The summed E-state index contributed by atoms with van der Waals surface area (Å²) in [6, 6.07) is 8.90. The molecule has 0 saturated carbocycles. The third-order valence-corrected chi connectivity index (χ3v) is 4.28. The first-order chi connectivity index (χ1) is 10.6. The van der Waals surface area contributed by atoms with Crippen LogP contribution < -0.4 is 5.32 Å². The van der Waals surface area contributed by atoms with Gasteiger partial charge in [-0.25, -0.2) is 0 Å². The van der Waals surface area contributed by atoms with Gasteiger partial charge in [-0.1, -0.05) is 43.3 Å². The van der Waals surface area contributed by atoms with Crippen LogP contribution in [0.1, 0.15) is 38.1 Å². The number of hydrogen-bond acceptors (Lipinski definition) is 5. The van der Waals surface area contributed by atoms with Crippen LogP contribution in [0.2, 0.25) is 0 Å². The van der Waals surface area contributed by atoms with Gasteiger partial charge in [-0.2, -0.15) is 4.98 Å². The second-order valence-corrected chi connectivity index (χ2v) is 6.31. The number of piperazine rings is 1. The number of hydrogen-bond donors (Lipinski definition) is 1. The lowest BCUT2D eigenvalue weighted by Gasteiger charge is -2.32. The maximum absolute atomic E-state index is 5.42. The van der Waals surface area contributed by atoms with Gasteiger partial charge in [-0.3, -0.25) is 4.90 Å². The topological polar surface area (TPSA) is 54.2 Å². The molecular weight excluding hydrogens is 312 g/mol. The molecule has 0 aliphatic carbocycles. The summed E-state index contributed by atoms with van der Waals surface area (Å²) in [6.45, 7) is 10.4. The first-order valence-electron chi connectivity index (χ1n) is 8.01. The van der Waals surface area contributed by atoms with E-state index in [0.717, 1.165) is 31.7 Å². The van der Waals surface area contributed by atoms with E-state index < -0.39 is 0 Å². The van der Waals surface area contributed by atoms with Crippen molar-refractivity contribution in [2.75, 3.05) is 19.6 Å². The Morgan fingerprint density at radius 2 is 2.04 bits per heavy atom. The third-order valence-electron chi connectivity index (χ3n) is 4.28. The van der Waals surface area contributed by atoms with Crippen LogP contribution in [0, 0.1) is 0 Å². The fraction of sp³-hybridized carbons (Fsp3) is 0.529. The van der Waals surface area contributed by atoms with E-state index in [-0.39, 0.29) is 12.4 Å². The molecule has 23 heavy (non-hydrogen) atoms. The van der Waals surface area contributed by atoms with Gasteiger partial charge in [0.1, 0.15) is 0 Å². The van der Waals surface area contributed by atoms with Crippen molar-refractivity contribution >= 4 is 12.4 Å². The standard InChI is InChI=1S/C17H24N4O.ClH/c1-12(2)14-4-6-15(7-5-14)17-19-16(22-20-17)11-21-9-8-18-10-13(21)3;/h4-7,12-13,18H,8-11H2,1-3H3;1H/t13-;/m0./s1. The number of halogens is 1. The van der Waals surface area contributed by atoms with Gasteiger partial charge in [0, 0.05) is 31.2 Å². The number of rotatable bonds is 4. The maximum atomic E-state index is 5.42. The maximum Gasteiger partial charge on any atom is 0.241 e. The average Bonchev–Trinajstić information content (AvgIpc) is 2.98. The summed E-state index contributed by atoms with van der Waals surface area (Å²) in [7, 11) is 0. The van der Waals surface area contributed by atoms with E-state index in [0.29, 0.717) is 23.7 Å². The quantitative estimate of drug-likeness (QED) is 0.929. The van der Waals surface area contributed by atoms with E-state index >= 15 is 0 Å². The smallest absolute Gasteiger partial charge is 0.241 e. The molecule has 1 fully saturated rings. The highest BCUT2D eigenvalue weighted by molar-refractivity contribution is 5.85. The molecule has 3 rings (SSSR count). The summed E-state index contributed by atoms with van der Waals surface area (Å²) in [6.07, 6.45) is 0. The molecule has 0 radical (unpaired) electrons. The largest absolute Gasteiger partial charge is 0.338 e. The van der Waals surface area contributed by atoms with Crippen LogP contribution in [0.25, 0.3) is 11.4 Å². The van der Waals surface area contributed by atoms with Crippen LogP contribution >= 0.6 is 12.4 Å². The molecule has 1 aliphatic rings. The zero-order chi connectivity index (χ0) is 15.5. The van der Waals surface area contributed by atoms with Gasteiger partial charge >= 0.3 is 0 Å². The summed E-state index contributed by atoms with van der Waals surface area (Å²) in [5, 5.41) is 7.51. The summed E-state index contributed by atoms with van der Waals surface area (Å²) in [5.74, 6) is 1.90. The van der Waals surface area contributed by atoms with Gasteiger partial charge in [0.05, 0.1) is 6.54 Å². The SMILES string of the molecule is CC(C)c1ccc(-c2noc(CN3CCNC[C@@H]3C)n2)cc1.Cl. The Kier molecular flexibility index (Phi) is 6.16. The summed E-state index contributed by atoms with van der Waals surface area (Å²) >= 11 is 0. The van der Waals surface area contributed by atoms with Gasteiger partial charge in [-0.15, -0.1) is 12.4 Å². The Morgan fingerprint density at radius 1 is 1.30 bits per heavy atom. The normalized spacial score (nSPS) is 18.9. The van der Waals surface area contributed by atoms with E-state index in [2.05, 4.69) is 65.4 Å². The predicted octanol–water partition coefficient (Wildman–Crippen LogP) is 3.08. The van der Waals surface area contributed by atoms with Crippen molar-refractivity contribution in [3.63, 3.8) is 0 Å². The molecule has 1 aliphatic heterocycles. The molecule has 0 amide bonds. The fourth-order valence-electron chi connectivity index (χ4n) is 2.75. The fourth-order valence-corrected chi connectivity index (χ4v) is 2.75. The molecule has 0 spiro atoms. The van der Waals surface area contributed by atoms with Crippen molar-refractivity contribution in [3.05, 3.63) is 35.7 Å². The highest BCUT2D eigenvalue weighted by Gasteiger charge is 2.20. The predicted molar refractivity (Wildman–Crippen MR) is 93.8 cm³/mol. The van der Waals surface area contributed by atoms with Crippen LogP contribution in [0.3, 0.4) is 0 Å². The van der Waals surface area contributed by atoms with Crippen molar-refractivity contribution in [1.82, 2.24) is 20.4 Å². The van der Waals surface area contributed by atoms with Gasteiger partial charge in [0.15, 0.2) is 0 Å². The summed E-state index contributed by atoms with van der Waals surface area (Å²) in [4.78, 5) is 6.91. The van der Waals surface area contributed by atoms with Gasteiger partial charge in [0.25, 0.3) is 0 Å². The molecular formula is C17H25ClN4O. The van der Waals surface area contributed by atoms with Crippen molar-refractivity contribution in [3.8, 4) is 11.4 Å². The molecule has 1 aromatic carbocycles. The molecule has 2 heterocycles. The van der Waals surface area contributed by atoms with Gasteiger partial charge < -0.3 is 9.84 Å². The first kappa shape index (κ1) is 17.9. The Balaban J connectivity index is 0.00000192. The average molecular weight is 337 g/mol. The summed E-state index contributed by atoms with van der Waals surface area (Å²) in [5.41, 5.74) is 2.33. The Morgan fingerprint density at radius 3 is 2.70 bits per heavy atom. The zero-order valence-electron chi connectivity index (χ0n) is 14.0. The number of benzene rings is 1. The molecule has 5 nitrogen and oxygen atoms in total. The van der Waals surface area contributed by atoms with Gasteiger partial charge in [-0.05, 0) is 18.4 Å². The zero-order valence-corrected chi connectivity index (χ0v) is 14.8. The number of aromatic nitrogens is 2. The minimum Gasteiger partial charge on any atom is -0.338 e. The van der Waals surface area contributed by atoms with E-state index in [1.54, 1.807) is 0 Å². The molecule has 1 N–H and O–H groups in total. The van der Waals surface area contributed by atoms with Crippen molar-refractivity contribution in [2.45, 2.75) is 39.3 Å². The van der Waals surface area contributed by atoms with Gasteiger partial charge in [0.2, 0.25) is 11.7 Å². The van der Waals surface area contributed by atoms with Crippen molar-refractivity contribution in [1.29, 1.82) is 0 Å². The lowest BCUT2D eigenvalue weighted by atomic mass is 10.0. The molecule has 1 atom stereocenters. The molecule has 2 aromatic rings. The first-order valence-corrected chi connectivity index (χ1v) is 8.01. The highest BCUT2D eigenvalue weighted by atomic mass is 35.5. The van der Waals surface area contributed by atoms with E-state index in [9.17, 15) is 0 Å². The summed E-state index contributed by atoms with van der Waals surface area (Å²) < 4.78 is 5.42. The van der Waals surface area contributed by atoms with Crippen LogP contribution in [0.4, 0.5) is 0 Å². The lowest BCUT2D eigenvalue weighted by molar-refractivity contribution is 0.146. The lowest BCUT2D eigenvalue weighted by Crippen LogP contribution is -2.49. The Bertz CT molecular complexity index is 611.